The van der Waals surface area contributed by atoms with Crippen molar-refractivity contribution in [1.82, 2.24) is 0 Å². The Bertz CT molecular complexity index is 804. The van der Waals surface area contributed by atoms with Gasteiger partial charge in [-0.15, -0.1) is 0 Å². The lowest BCUT2D eigenvalue weighted by Gasteiger charge is -2.02. The second-order valence-electron chi connectivity index (χ2n) is 4.62. The van der Waals surface area contributed by atoms with Gasteiger partial charge in [-0.2, -0.15) is 5.26 Å². The molecule has 2 aromatic rings. The van der Waals surface area contributed by atoms with Crippen molar-refractivity contribution in [2.24, 2.45) is 0 Å². The summed E-state index contributed by atoms with van der Waals surface area (Å²) >= 11 is 5.82. The summed E-state index contributed by atoms with van der Waals surface area (Å²) in [5.41, 5.74) is 1.15. The maximum absolute atomic E-state index is 12.4. The molecule has 0 amide bonds. The van der Waals surface area contributed by atoms with Gasteiger partial charge < -0.3 is 9.47 Å². The number of halogens is 1. The van der Waals surface area contributed by atoms with E-state index in [-0.39, 0.29) is 18.1 Å². The van der Waals surface area contributed by atoms with Gasteiger partial charge >= 0.3 is 0 Å². The zero-order valence-corrected chi connectivity index (χ0v) is 12.1. The monoisotopic (exact) mass is 311 g/mol. The fourth-order valence-corrected chi connectivity index (χ4v) is 2.19. The molecule has 22 heavy (non-hydrogen) atoms. The maximum Gasteiger partial charge on any atom is 0.231 e. The lowest BCUT2D eigenvalue weighted by atomic mass is 10.0. The van der Waals surface area contributed by atoms with Crippen molar-refractivity contribution in [2.45, 2.75) is 0 Å². The van der Waals surface area contributed by atoms with E-state index in [0.29, 0.717) is 22.1 Å². The van der Waals surface area contributed by atoms with Crippen LogP contribution in [0.1, 0.15) is 15.9 Å². The Hall–Kier alpha value is -2.77. The van der Waals surface area contributed by atoms with E-state index in [9.17, 15) is 10.1 Å². The number of nitrogens with zero attached hydrogens (tertiary/aromatic N) is 1. The van der Waals surface area contributed by atoms with Crippen molar-refractivity contribution in [3.05, 3.63) is 64.2 Å². The Balaban J connectivity index is 1.92. The van der Waals surface area contributed by atoms with Gasteiger partial charge in [0.05, 0.1) is 0 Å². The van der Waals surface area contributed by atoms with Crippen molar-refractivity contribution in [3.8, 4) is 17.6 Å². The number of ketones is 1. The number of rotatable bonds is 3. The van der Waals surface area contributed by atoms with Gasteiger partial charge in [-0.25, -0.2) is 0 Å². The lowest BCUT2D eigenvalue weighted by molar-refractivity contribution is 0.103. The quantitative estimate of drug-likeness (QED) is 0.490. The topological polar surface area (TPSA) is 59.3 Å². The predicted molar refractivity (Wildman–Crippen MR) is 81.9 cm³/mol. The molecule has 3 rings (SSSR count). The van der Waals surface area contributed by atoms with Crippen LogP contribution < -0.4 is 9.47 Å². The van der Waals surface area contributed by atoms with Gasteiger partial charge in [0.25, 0.3) is 0 Å². The van der Waals surface area contributed by atoms with E-state index in [1.54, 1.807) is 42.5 Å². The fraction of sp³-hybridized carbons (Fsp3) is 0.0588. The van der Waals surface area contributed by atoms with Gasteiger partial charge in [0.2, 0.25) is 12.6 Å². The number of nitriles is 1. The molecule has 0 atom stereocenters. The van der Waals surface area contributed by atoms with Gasteiger partial charge in [-0.3, -0.25) is 4.79 Å². The van der Waals surface area contributed by atoms with E-state index in [2.05, 4.69) is 0 Å². The zero-order chi connectivity index (χ0) is 15.5. The molecule has 0 unspecified atom stereocenters. The summed E-state index contributed by atoms with van der Waals surface area (Å²) < 4.78 is 10.4. The number of carbonyl (C=O) groups is 1. The first kappa shape index (κ1) is 14.2. The molecular weight excluding hydrogens is 302 g/mol. The van der Waals surface area contributed by atoms with Crippen LogP contribution in [0.4, 0.5) is 0 Å². The normalized spacial score (nSPS) is 12.8. The summed E-state index contributed by atoms with van der Waals surface area (Å²) in [7, 11) is 0. The Morgan fingerprint density at radius 1 is 1.14 bits per heavy atom. The minimum absolute atomic E-state index is 0.0428. The third-order valence-corrected chi connectivity index (χ3v) is 3.43. The van der Waals surface area contributed by atoms with Gasteiger partial charge in [0, 0.05) is 10.6 Å². The molecule has 0 saturated carbocycles. The molecule has 0 spiro atoms. The standard InChI is InChI=1S/C17H10ClNO3/c18-14-4-1-11(2-5-14)7-13(9-19)17(20)12-3-6-15-16(8-12)22-10-21-15/h1-8H,10H2/b13-7+. The molecule has 1 aliphatic heterocycles. The number of allylic oxidation sites excluding steroid dienone is 1. The molecule has 0 radical (unpaired) electrons. The Labute approximate surface area is 132 Å². The minimum Gasteiger partial charge on any atom is -0.454 e. The van der Waals surface area contributed by atoms with Crippen LogP contribution in [0.2, 0.25) is 5.02 Å². The van der Waals surface area contributed by atoms with Crippen molar-refractivity contribution >= 4 is 23.5 Å². The van der Waals surface area contributed by atoms with Crippen LogP contribution in [0, 0.1) is 11.3 Å². The molecule has 0 N–H and O–H groups in total. The average molecular weight is 312 g/mol. The largest absolute Gasteiger partial charge is 0.454 e. The number of benzene rings is 2. The first-order valence-corrected chi connectivity index (χ1v) is 6.87. The Kier molecular flexibility index (Phi) is 3.82. The molecule has 0 aromatic heterocycles. The SMILES string of the molecule is N#C/C(=C\c1ccc(Cl)cc1)C(=O)c1ccc2c(c1)OCO2. The van der Waals surface area contributed by atoms with Gasteiger partial charge in [-0.1, -0.05) is 23.7 Å². The Morgan fingerprint density at radius 2 is 1.86 bits per heavy atom. The van der Waals surface area contributed by atoms with E-state index < -0.39 is 0 Å². The molecule has 0 bridgehead atoms. The summed E-state index contributed by atoms with van der Waals surface area (Å²) in [6, 6.07) is 13.7. The smallest absolute Gasteiger partial charge is 0.231 e. The molecule has 2 aromatic carbocycles. The van der Waals surface area contributed by atoms with Crippen LogP contribution >= 0.6 is 11.6 Å². The minimum atomic E-state index is -0.365. The number of hydrogen-bond acceptors (Lipinski definition) is 4. The van der Waals surface area contributed by atoms with Crippen LogP contribution in [0.3, 0.4) is 0 Å². The summed E-state index contributed by atoms with van der Waals surface area (Å²) in [5.74, 6) is 0.738. The third kappa shape index (κ3) is 2.80. The summed E-state index contributed by atoms with van der Waals surface area (Å²) in [4.78, 5) is 12.4. The molecule has 4 nitrogen and oxygen atoms in total. The van der Waals surface area contributed by atoms with E-state index in [1.165, 1.54) is 6.08 Å². The van der Waals surface area contributed by atoms with E-state index in [0.717, 1.165) is 5.56 Å². The summed E-state index contributed by atoms with van der Waals surface area (Å²) in [6.45, 7) is 0.138. The van der Waals surface area contributed by atoms with Gasteiger partial charge in [0.15, 0.2) is 11.5 Å². The molecule has 1 aliphatic rings. The van der Waals surface area contributed by atoms with Crippen LogP contribution in [0.25, 0.3) is 6.08 Å². The highest BCUT2D eigenvalue weighted by Gasteiger charge is 2.18. The molecule has 0 aliphatic carbocycles. The number of ether oxygens (including phenoxy) is 2. The summed E-state index contributed by atoms with van der Waals surface area (Å²) in [6.07, 6.45) is 1.53. The van der Waals surface area contributed by atoms with Crippen LogP contribution in [-0.4, -0.2) is 12.6 Å². The van der Waals surface area contributed by atoms with E-state index in [1.807, 2.05) is 6.07 Å². The van der Waals surface area contributed by atoms with Crippen LogP contribution in [0.5, 0.6) is 11.5 Å². The van der Waals surface area contributed by atoms with Gasteiger partial charge in [-0.05, 0) is 42.0 Å². The lowest BCUT2D eigenvalue weighted by Crippen LogP contribution is -2.01. The van der Waals surface area contributed by atoms with Crippen LogP contribution in [0.15, 0.2) is 48.0 Å². The molecular formula is C17H10ClNO3. The fourth-order valence-electron chi connectivity index (χ4n) is 2.07. The number of hydrogen-bond donors (Lipinski definition) is 0. The summed E-state index contributed by atoms with van der Waals surface area (Å²) in [5, 5.41) is 9.84. The first-order valence-electron chi connectivity index (χ1n) is 6.49. The van der Waals surface area contributed by atoms with E-state index >= 15 is 0 Å². The highest BCUT2D eigenvalue weighted by Crippen LogP contribution is 2.33. The number of fused-ring (bicyclic) bond motifs is 1. The van der Waals surface area contributed by atoms with Crippen molar-refractivity contribution in [3.63, 3.8) is 0 Å². The number of Topliss-reactive ketones (excluding diaryl/α,β-unsaturated/α-hetero) is 1. The van der Waals surface area contributed by atoms with Crippen LogP contribution in [-0.2, 0) is 0 Å². The second-order valence-corrected chi connectivity index (χ2v) is 5.05. The average Bonchev–Trinajstić information content (AvgIpc) is 3.01. The van der Waals surface area contributed by atoms with Crippen molar-refractivity contribution < 1.29 is 14.3 Å². The molecule has 0 fully saturated rings. The van der Waals surface area contributed by atoms with E-state index in [4.69, 9.17) is 21.1 Å². The Morgan fingerprint density at radius 3 is 2.59 bits per heavy atom. The predicted octanol–water partition coefficient (Wildman–Crippen LogP) is 3.86. The third-order valence-electron chi connectivity index (χ3n) is 3.18. The molecule has 108 valence electrons. The maximum atomic E-state index is 12.4. The van der Waals surface area contributed by atoms with Gasteiger partial charge in [0.1, 0.15) is 11.6 Å². The molecule has 0 saturated heterocycles. The molecule has 5 heteroatoms. The first-order chi connectivity index (χ1) is 10.7. The molecule has 1 heterocycles. The van der Waals surface area contributed by atoms with Crippen molar-refractivity contribution in [2.75, 3.05) is 6.79 Å². The van der Waals surface area contributed by atoms with Crippen molar-refractivity contribution in [1.29, 1.82) is 5.26 Å². The number of carbonyl (C=O) groups excluding carboxylic acids is 1. The second kappa shape index (κ2) is 5.92. The zero-order valence-electron chi connectivity index (χ0n) is 11.4. The highest BCUT2D eigenvalue weighted by atomic mass is 35.5. The highest BCUT2D eigenvalue weighted by molar-refractivity contribution is 6.30.